The third kappa shape index (κ3) is 4.05. The van der Waals surface area contributed by atoms with E-state index < -0.39 is 0 Å². The highest BCUT2D eigenvalue weighted by atomic mass is 15.3. The van der Waals surface area contributed by atoms with Crippen molar-refractivity contribution in [2.75, 3.05) is 45.8 Å². The fraction of sp³-hybridized carbons (Fsp3) is 0.647. The monoisotopic (exact) mass is 273 g/mol. The van der Waals surface area contributed by atoms with Crippen LogP contribution in [0.25, 0.3) is 0 Å². The molecule has 0 atom stereocenters. The van der Waals surface area contributed by atoms with Gasteiger partial charge in [0.05, 0.1) is 0 Å². The number of piperidine rings is 1. The lowest BCUT2D eigenvalue weighted by molar-refractivity contribution is 0.107. The Morgan fingerprint density at radius 2 is 1.55 bits per heavy atom. The van der Waals surface area contributed by atoms with Gasteiger partial charge in [0.25, 0.3) is 0 Å². The minimum atomic E-state index is 0.928. The van der Waals surface area contributed by atoms with E-state index in [9.17, 15) is 0 Å². The van der Waals surface area contributed by atoms with Crippen molar-refractivity contribution in [1.29, 1.82) is 0 Å². The van der Waals surface area contributed by atoms with Crippen LogP contribution in [0.5, 0.6) is 0 Å². The first-order chi connectivity index (χ1) is 9.90. The second kappa shape index (κ2) is 7.21. The molecule has 0 spiro atoms. The lowest BCUT2D eigenvalue weighted by atomic mass is 9.97. The molecule has 20 heavy (non-hydrogen) atoms. The average molecular weight is 273 g/mol. The van der Waals surface area contributed by atoms with Crippen LogP contribution >= 0.6 is 0 Å². The zero-order valence-corrected chi connectivity index (χ0v) is 12.4. The molecule has 0 saturated carbocycles. The molecular weight excluding hydrogens is 246 g/mol. The molecule has 3 heteroatoms. The highest BCUT2D eigenvalue weighted by molar-refractivity contribution is 5.14. The lowest BCUT2D eigenvalue weighted by Crippen LogP contribution is -2.48. The minimum absolute atomic E-state index is 0.928. The average Bonchev–Trinajstić information content (AvgIpc) is 2.51. The molecule has 0 unspecified atom stereocenters. The van der Waals surface area contributed by atoms with Gasteiger partial charge in [-0.3, -0.25) is 4.90 Å². The van der Waals surface area contributed by atoms with E-state index >= 15 is 0 Å². The Hall–Kier alpha value is -0.900. The summed E-state index contributed by atoms with van der Waals surface area (Å²) in [5.74, 6) is 0.928. The second-order valence-electron chi connectivity index (χ2n) is 6.26. The van der Waals surface area contributed by atoms with Gasteiger partial charge in [-0.15, -0.1) is 0 Å². The van der Waals surface area contributed by atoms with Crippen molar-refractivity contribution >= 4 is 0 Å². The molecule has 0 radical (unpaired) electrons. The molecule has 3 rings (SSSR count). The summed E-state index contributed by atoms with van der Waals surface area (Å²) in [5.41, 5.74) is 1.44. The molecule has 2 aliphatic rings. The first kappa shape index (κ1) is 14.1. The Bertz CT molecular complexity index is 378. The van der Waals surface area contributed by atoms with Crippen LogP contribution in [0.4, 0.5) is 0 Å². The van der Waals surface area contributed by atoms with Crippen molar-refractivity contribution in [3.8, 4) is 0 Å². The number of rotatable bonds is 4. The maximum absolute atomic E-state index is 3.46. The van der Waals surface area contributed by atoms with Crippen LogP contribution in [0, 0.1) is 5.92 Å². The molecular formula is C17H27N3. The largest absolute Gasteiger partial charge is 0.317 e. The standard InChI is InChI=1S/C17H27N3/c1-2-4-16(5-3-1)14-19-10-12-20(13-11-19)15-17-6-8-18-9-7-17/h1-5,17-18H,6-15H2. The normalized spacial score (nSPS) is 23.0. The fourth-order valence-corrected chi connectivity index (χ4v) is 3.40. The van der Waals surface area contributed by atoms with Crippen LogP contribution in [0.15, 0.2) is 30.3 Å². The van der Waals surface area contributed by atoms with Gasteiger partial charge in [-0.2, -0.15) is 0 Å². The summed E-state index contributed by atoms with van der Waals surface area (Å²) in [6, 6.07) is 10.9. The van der Waals surface area contributed by atoms with E-state index in [4.69, 9.17) is 0 Å². The predicted octanol–water partition coefficient (Wildman–Crippen LogP) is 1.80. The summed E-state index contributed by atoms with van der Waals surface area (Å²) >= 11 is 0. The molecule has 2 saturated heterocycles. The molecule has 0 amide bonds. The van der Waals surface area contributed by atoms with Crippen molar-refractivity contribution in [1.82, 2.24) is 15.1 Å². The third-order valence-electron chi connectivity index (χ3n) is 4.69. The fourth-order valence-electron chi connectivity index (χ4n) is 3.40. The van der Waals surface area contributed by atoms with Crippen molar-refractivity contribution < 1.29 is 0 Å². The van der Waals surface area contributed by atoms with E-state index in [2.05, 4.69) is 45.4 Å². The van der Waals surface area contributed by atoms with Crippen LogP contribution in [0.2, 0.25) is 0 Å². The van der Waals surface area contributed by atoms with Crippen LogP contribution < -0.4 is 5.32 Å². The van der Waals surface area contributed by atoms with E-state index in [1.54, 1.807) is 0 Å². The zero-order valence-electron chi connectivity index (χ0n) is 12.4. The van der Waals surface area contributed by atoms with Crippen molar-refractivity contribution in [3.63, 3.8) is 0 Å². The molecule has 110 valence electrons. The Morgan fingerprint density at radius 3 is 2.25 bits per heavy atom. The Balaban J connectivity index is 1.40. The van der Waals surface area contributed by atoms with Crippen molar-refractivity contribution in [3.05, 3.63) is 35.9 Å². The second-order valence-corrected chi connectivity index (χ2v) is 6.26. The summed E-state index contributed by atoms with van der Waals surface area (Å²) in [6.07, 6.45) is 2.73. The number of hydrogen-bond donors (Lipinski definition) is 1. The van der Waals surface area contributed by atoms with E-state index in [0.29, 0.717) is 0 Å². The molecule has 2 heterocycles. The van der Waals surface area contributed by atoms with Crippen LogP contribution in [0.3, 0.4) is 0 Å². The summed E-state index contributed by atoms with van der Waals surface area (Å²) in [4.78, 5) is 5.27. The van der Waals surface area contributed by atoms with Crippen LogP contribution in [-0.2, 0) is 6.54 Å². The Labute approximate surface area is 123 Å². The molecule has 2 fully saturated rings. The molecule has 0 aromatic heterocycles. The SMILES string of the molecule is c1ccc(CN2CCN(CC3CCNCC3)CC2)cc1. The quantitative estimate of drug-likeness (QED) is 0.902. The van der Waals surface area contributed by atoms with Gasteiger partial charge in [0, 0.05) is 39.3 Å². The highest BCUT2D eigenvalue weighted by Crippen LogP contribution is 2.15. The van der Waals surface area contributed by atoms with E-state index in [0.717, 1.165) is 12.5 Å². The Morgan fingerprint density at radius 1 is 0.900 bits per heavy atom. The number of benzene rings is 1. The van der Waals surface area contributed by atoms with E-state index in [-0.39, 0.29) is 0 Å². The first-order valence-corrected chi connectivity index (χ1v) is 8.09. The van der Waals surface area contributed by atoms with Gasteiger partial charge in [-0.25, -0.2) is 0 Å². The maximum Gasteiger partial charge on any atom is 0.0234 e. The summed E-state index contributed by atoms with van der Waals surface area (Å²) < 4.78 is 0. The molecule has 1 aromatic rings. The van der Waals surface area contributed by atoms with Gasteiger partial charge in [-0.05, 0) is 37.4 Å². The number of piperazine rings is 1. The molecule has 0 aliphatic carbocycles. The molecule has 0 bridgehead atoms. The van der Waals surface area contributed by atoms with Gasteiger partial charge < -0.3 is 10.2 Å². The van der Waals surface area contributed by atoms with E-state index in [1.165, 1.54) is 64.2 Å². The minimum Gasteiger partial charge on any atom is -0.317 e. The number of hydrogen-bond acceptors (Lipinski definition) is 3. The molecule has 1 N–H and O–H groups in total. The van der Waals surface area contributed by atoms with Gasteiger partial charge in [0.1, 0.15) is 0 Å². The lowest BCUT2D eigenvalue weighted by Gasteiger charge is -2.37. The first-order valence-electron chi connectivity index (χ1n) is 8.09. The van der Waals surface area contributed by atoms with E-state index in [1.807, 2.05) is 0 Å². The summed E-state index contributed by atoms with van der Waals surface area (Å²) in [6.45, 7) is 9.81. The van der Waals surface area contributed by atoms with Crippen molar-refractivity contribution in [2.45, 2.75) is 19.4 Å². The molecule has 2 aliphatic heterocycles. The predicted molar refractivity (Wildman–Crippen MR) is 83.8 cm³/mol. The number of nitrogens with zero attached hydrogens (tertiary/aromatic N) is 2. The maximum atomic E-state index is 3.46. The molecule has 3 nitrogen and oxygen atoms in total. The molecule has 1 aromatic carbocycles. The smallest absolute Gasteiger partial charge is 0.0234 e. The Kier molecular flexibility index (Phi) is 5.06. The zero-order chi connectivity index (χ0) is 13.6. The van der Waals surface area contributed by atoms with Crippen LogP contribution in [0.1, 0.15) is 18.4 Å². The van der Waals surface area contributed by atoms with Crippen LogP contribution in [-0.4, -0.2) is 55.6 Å². The van der Waals surface area contributed by atoms with Gasteiger partial charge >= 0.3 is 0 Å². The number of nitrogens with one attached hydrogen (secondary N) is 1. The highest BCUT2D eigenvalue weighted by Gasteiger charge is 2.21. The van der Waals surface area contributed by atoms with Gasteiger partial charge in [-0.1, -0.05) is 30.3 Å². The third-order valence-corrected chi connectivity index (χ3v) is 4.69. The summed E-state index contributed by atoms with van der Waals surface area (Å²) in [7, 11) is 0. The van der Waals surface area contributed by atoms with Crippen molar-refractivity contribution in [2.24, 2.45) is 5.92 Å². The topological polar surface area (TPSA) is 18.5 Å². The summed E-state index contributed by atoms with van der Waals surface area (Å²) in [5, 5.41) is 3.46. The van der Waals surface area contributed by atoms with Gasteiger partial charge in [0.15, 0.2) is 0 Å². The van der Waals surface area contributed by atoms with Gasteiger partial charge in [0.2, 0.25) is 0 Å².